The molecule has 0 aromatic rings. The van der Waals surface area contributed by atoms with E-state index in [1.807, 2.05) is 0 Å². The number of rotatable bonds is 9. The highest BCUT2D eigenvalue weighted by Gasteiger charge is 2.54. The number of ether oxygens (including phenoxy) is 2. The van der Waals surface area contributed by atoms with Gasteiger partial charge in [0.2, 0.25) is 0 Å². The molecular formula is C32H48N2O6. The molecule has 222 valence electrons. The molecule has 2 amide bonds. The average Bonchev–Trinajstić information content (AvgIpc) is 2.80. The lowest BCUT2D eigenvalue weighted by atomic mass is 9.53. The van der Waals surface area contributed by atoms with Crippen molar-refractivity contribution in [2.24, 2.45) is 35.5 Å². The fraction of sp³-hybridized carbons (Fsp3) is 0.875. The lowest BCUT2D eigenvalue weighted by Crippen LogP contribution is -2.63. The van der Waals surface area contributed by atoms with Gasteiger partial charge < -0.3 is 20.1 Å². The van der Waals surface area contributed by atoms with Gasteiger partial charge in [0.25, 0.3) is 11.8 Å². The van der Waals surface area contributed by atoms with Crippen molar-refractivity contribution in [3.05, 3.63) is 0 Å². The van der Waals surface area contributed by atoms with Crippen molar-refractivity contribution in [1.82, 2.24) is 10.6 Å². The van der Waals surface area contributed by atoms with Crippen molar-refractivity contribution >= 4 is 23.8 Å². The summed E-state index contributed by atoms with van der Waals surface area (Å²) in [6.07, 6.45) is 13.4. The van der Waals surface area contributed by atoms with E-state index in [2.05, 4.69) is 10.6 Å². The maximum Gasteiger partial charge on any atom is 0.307 e. The number of hydrogen-bond acceptors (Lipinski definition) is 6. The lowest BCUT2D eigenvalue weighted by molar-refractivity contribution is -0.171. The molecule has 8 nitrogen and oxygen atoms in total. The third-order valence-electron chi connectivity index (χ3n) is 11.2. The molecular weight excluding hydrogens is 508 g/mol. The Morgan fingerprint density at radius 1 is 0.550 bits per heavy atom. The molecule has 0 saturated heterocycles. The molecule has 8 rings (SSSR count). The van der Waals surface area contributed by atoms with Crippen molar-refractivity contribution in [3.63, 3.8) is 0 Å². The Kier molecular flexibility index (Phi) is 6.81. The van der Waals surface area contributed by atoms with Gasteiger partial charge in [0.15, 0.2) is 11.2 Å². The van der Waals surface area contributed by atoms with Gasteiger partial charge in [-0.3, -0.25) is 19.2 Å². The Hall–Kier alpha value is -2.12. The number of esters is 2. The van der Waals surface area contributed by atoms with Crippen LogP contribution < -0.4 is 10.6 Å². The molecule has 0 heterocycles. The molecule has 8 aliphatic carbocycles. The smallest absolute Gasteiger partial charge is 0.307 e. The van der Waals surface area contributed by atoms with Gasteiger partial charge in [-0.1, -0.05) is 0 Å². The predicted octanol–water partition coefficient (Wildman–Crippen LogP) is 4.58. The Bertz CT molecular complexity index is 923. The fourth-order valence-electron chi connectivity index (χ4n) is 10.3. The summed E-state index contributed by atoms with van der Waals surface area (Å²) in [5.74, 6) is 2.38. The van der Waals surface area contributed by atoms with Crippen LogP contribution in [0.5, 0.6) is 0 Å². The average molecular weight is 557 g/mol. The standard InChI is InChI=1S/C32H48N2O6/c1-29(2,27(37)33-31-13-19-7-20(14-31)9-21(8-19)15-31)39-25(35)5-6-26(36)40-30(3,4)28(38)34-32-16-22-10-23(17-32)12-24(11-22)18-32/h19-24H,5-18H2,1-4H3,(H,33,37)(H,34,38). The summed E-state index contributed by atoms with van der Waals surface area (Å²) < 4.78 is 11.1. The first-order chi connectivity index (χ1) is 18.7. The maximum atomic E-state index is 13.2. The van der Waals surface area contributed by atoms with E-state index < -0.39 is 23.1 Å². The van der Waals surface area contributed by atoms with E-state index in [9.17, 15) is 19.2 Å². The SMILES string of the molecule is CC(C)(OC(=O)CCC(=O)OC(C)(C)C(=O)NC12CC3CC(CC(C3)C1)C2)C(=O)NC12CC3CC(CC(C3)C1)C2. The first kappa shape index (κ1) is 28.0. The van der Waals surface area contributed by atoms with Crippen LogP contribution in [-0.2, 0) is 28.7 Å². The predicted molar refractivity (Wildman–Crippen MR) is 148 cm³/mol. The molecule has 8 saturated carbocycles. The van der Waals surface area contributed by atoms with E-state index in [1.165, 1.54) is 38.5 Å². The largest absolute Gasteiger partial charge is 0.450 e. The highest BCUT2D eigenvalue weighted by atomic mass is 16.6. The summed E-state index contributed by atoms with van der Waals surface area (Å²) in [6.45, 7) is 6.43. The number of nitrogens with one attached hydrogen (secondary N) is 2. The molecule has 8 aliphatic rings. The van der Waals surface area contributed by atoms with Gasteiger partial charge in [-0.2, -0.15) is 0 Å². The summed E-state index contributed by atoms with van der Waals surface area (Å²) in [6, 6.07) is 0. The number of hydrogen-bond donors (Lipinski definition) is 2. The normalized spacial score (nSPS) is 39.1. The van der Waals surface area contributed by atoms with Gasteiger partial charge in [0.1, 0.15) is 0 Å². The second-order valence-electron chi connectivity index (χ2n) is 15.8. The minimum atomic E-state index is -1.33. The molecule has 0 aromatic heterocycles. The van der Waals surface area contributed by atoms with Gasteiger partial charge in [-0.25, -0.2) is 0 Å². The van der Waals surface area contributed by atoms with Crippen molar-refractivity contribution in [2.45, 2.75) is 140 Å². The van der Waals surface area contributed by atoms with Crippen molar-refractivity contribution < 1.29 is 28.7 Å². The van der Waals surface area contributed by atoms with E-state index in [4.69, 9.17) is 9.47 Å². The zero-order valence-corrected chi connectivity index (χ0v) is 24.8. The van der Waals surface area contributed by atoms with Crippen LogP contribution in [0.2, 0.25) is 0 Å². The van der Waals surface area contributed by atoms with Crippen molar-refractivity contribution in [1.29, 1.82) is 0 Å². The second kappa shape index (κ2) is 9.72. The van der Waals surface area contributed by atoms with Crippen molar-refractivity contribution in [2.75, 3.05) is 0 Å². The summed E-state index contributed by atoms with van der Waals surface area (Å²) >= 11 is 0. The monoisotopic (exact) mass is 556 g/mol. The summed E-state index contributed by atoms with van der Waals surface area (Å²) in [4.78, 5) is 51.8. The van der Waals surface area contributed by atoms with Crippen LogP contribution in [0, 0.1) is 35.5 Å². The van der Waals surface area contributed by atoms with Gasteiger partial charge >= 0.3 is 11.9 Å². The molecule has 0 atom stereocenters. The third kappa shape index (κ3) is 5.53. The topological polar surface area (TPSA) is 111 Å². The summed E-state index contributed by atoms with van der Waals surface area (Å²) in [7, 11) is 0. The number of amides is 2. The Balaban J connectivity index is 0.961. The van der Waals surface area contributed by atoms with Crippen LogP contribution in [0.3, 0.4) is 0 Å². The molecule has 8 bridgehead atoms. The Labute approximate surface area is 238 Å². The molecule has 0 radical (unpaired) electrons. The number of carbonyl (C=O) groups is 4. The molecule has 8 fully saturated rings. The van der Waals surface area contributed by atoms with E-state index in [0.29, 0.717) is 35.5 Å². The highest BCUT2D eigenvalue weighted by molar-refractivity contribution is 5.89. The molecule has 0 unspecified atom stereocenters. The zero-order valence-electron chi connectivity index (χ0n) is 24.8. The Morgan fingerprint density at radius 2 is 0.800 bits per heavy atom. The molecule has 0 aromatic carbocycles. The van der Waals surface area contributed by atoms with Crippen LogP contribution in [0.25, 0.3) is 0 Å². The molecule has 0 spiro atoms. The van der Waals surface area contributed by atoms with Crippen LogP contribution in [-0.4, -0.2) is 46.0 Å². The van der Waals surface area contributed by atoms with Crippen molar-refractivity contribution in [3.8, 4) is 0 Å². The van der Waals surface area contributed by atoms with Gasteiger partial charge in [0.05, 0.1) is 12.8 Å². The Morgan fingerprint density at radius 3 is 1.05 bits per heavy atom. The minimum Gasteiger partial charge on any atom is -0.450 e. The number of carbonyl (C=O) groups excluding carboxylic acids is 4. The summed E-state index contributed by atoms with van der Waals surface area (Å²) in [5.41, 5.74) is -2.99. The first-order valence-corrected chi connectivity index (χ1v) is 15.8. The van der Waals surface area contributed by atoms with E-state index >= 15 is 0 Å². The first-order valence-electron chi connectivity index (χ1n) is 15.8. The second-order valence-corrected chi connectivity index (χ2v) is 15.8. The quantitative estimate of drug-likeness (QED) is 0.402. The van der Waals surface area contributed by atoms with Crippen LogP contribution in [0.1, 0.15) is 118 Å². The van der Waals surface area contributed by atoms with Crippen LogP contribution in [0.4, 0.5) is 0 Å². The molecule has 40 heavy (non-hydrogen) atoms. The van der Waals surface area contributed by atoms with Gasteiger partial charge in [-0.05, 0) is 140 Å². The van der Waals surface area contributed by atoms with Crippen LogP contribution >= 0.6 is 0 Å². The fourth-order valence-corrected chi connectivity index (χ4v) is 10.3. The molecule has 8 heteroatoms. The highest BCUT2D eigenvalue weighted by Crippen LogP contribution is 2.56. The molecule has 0 aliphatic heterocycles. The maximum absolute atomic E-state index is 13.2. The zero-order chi connectivity index (χ0) is 28.5. The minimum absolute atomic E-state index is 0.165. The van der Waals surface area contributed by atoms with E-state index in [0.717, 1.165) is 38.5 Å². The lowest BCUT2D eigenvalue weighted by Gasteiger charge is -2.57. The third-order valence-corrected chi connectivity index (χ3v) is 11.2. The van der Waals surface area contributed by atoms with Crippen LogP contribution in [0.15, 0.2) is 0 Å². The molecule has 2 N–H and O–H groups in total. The van der Waals surface area contributed by atoms with Gasteiger partial charge in [0, 0.05) is 11.1 Å². The van der Waals surface area contributed by atoms with Gasteiger partial charge in [-0.15, -0.1) is 0 Å². The van der Waals surface area contributed by atoms with E-state index in [1.54, 1.807) is 27.7 Å². The summed E-state index contributed by atoms with van der Waals surface area (Å²) in [5, 5.41) is 6.56. The van der Waals surface area contributed by atoms with E-state index in [-0.39, 0.29) is 35.7 Å².